The number of halogens is 2. The molecule has 1 amide bonds. The van der Waals surface area contributed by atoms with Crippen LogP contribution in [0, 0.1) is 5.82 Å². The van der Waals surface area contributed by atoms with E-state index in [-0.39, 0.29) is 17.0 Å². The minimum Gasteiger partial charge on any atom is -0.504 e. The molecule has 0 spiro atoms. The SMILES string of the molecule is O=C(Nc1ccc(Br)cc1F)c1ccc(O)c(O)c1. The number of anilines is 1. The third-order valence-corrected chi connectivity index (χ3v) is 2.91. The fourth-order valence-corrected chi connectivity index (χ4v) is 1.78. The van der Waals surface area contributed by atoms with Crippen LogP contribution in [0.25, 0.3) is 0 Å². The van der Waals surface area contributed by atoms with E-state index in [2.05, 4.69) is 21.2 Å². The summed E-state index contributed by atoms with van der Waals surface area (Å²) in [6.07, 6.45) is 0. The summed E-state index contributed by atoms with van der Waals surface area (Å²) in [5.41, 5.74) is 0.137. The Morgan fingerprint density at radius 1 is 1.11 bits per heavy atom. The molecule has 0 aliphatic carbocycles. The topological polar surface area (TPSA) is 69.6 Å². The molecule has 6 heteroatoms. The molecule has 0 radical (unpaired) electrons. The molecule has 98 valence electrons. The lowest BCUT2D eigenvalue weighted by atomic mass is 10.2. The van der Waals surface area contributed by atoms with Crippen LogP contribution < -0.4 is 5.32 Å². The number of carbonyl (C=O) groups is 1. The maximum absolute atomic E-state index is 13.5. The Morgan fingerprint density at radius 3 is 2.47 bits per heavy atom. The smallest absolute Gasteiger partial charge is 0.255 e. The molecule has 0 unspecified atom stereocenters. The zero-order valence-corrected chi connectivity index (χ0v) is 11.1. The molecule has 0 saturated heterocycles. The molecule has 0 aliphatic rings. The van der Waals surface area contributed by atoms with E-state index in [0.717, 1.165) is 6.07 Å². The molecule has 19 heavy (non-hydrogen) atoms. The summed E-state index contributed by atoms with van der Waals surface area (Å²) in [6, 6.07) is 7.83. The minimum atomic E-state index is -0.587. The summed E-state index contributed by atoms with van der Waals surface area (Å²) in [7, 11) is 0. The number of phenols is 2. The van der Waals surface area contributed by atoms with Gasteiger partial charge in [0, 0.05) is 10.0 Å². The van der Waals surface area contributed by atoms with Gasteiger partial charge in [-0.25, -0.2) is 4.39 Å². The van der Waals surface area contributed by atoms with E-state index in [1.807, 2.05) is 0 Å². The van der Waals surface area contributed by atoms with Gasteiger partial charge in [0.05, 0.1) is 5.69 Å². The first-order valence-corrected chi connectivity index (χ1v) is 6.05. The number of benzene rings is 2. The van der Waals surface area contributed by atoms with Gasteiger partial charge in [-0.3, -0.25) is 4.79 Å². The van der Waals surface area contributed by atoms with E-state index in [1.165, 1.54) is 24.3 Å². The maximum Gasteiger partial charge on any atom is 0.255 e. The summed E-state index contributed by atoms with van der Waals surface area (Å²) in [4.78, 5) is 11.8. The number of carbonyl (C=O) groups excluding carboxylic acids is 1. The first-order valence-electron chi connectivity index (χ1n) is 5.26. The van der Waals surface area contributed by atoms with Gasteiger partial charge in [0.25, 0.3) is 5.91 Å². The van der Waals surface area contributed by atoms with Crippen LogP contribution in [0.1, 0.15) is 10.4 Å². The Bertz CT molecular complexity index is 646. The van der Waals surface area contributed by atoms with Crippen LogP contribution in [0.15, 0.2) is 40.9 Å². The number of hydrogen-bond donors (Lipinski definition) is 3. The average Bonchev–Trinajstić information content (AvgIpc) is 2.36. The van der Waals surface area contributed by atoms with Crippen molar-refractivity contribution in [2.75, 3.05) is 5.32 Å². The van der Waals surface area contributed by atoms with Gasteiger partial charge in [-0.15, -0.1) is 0 Å². The lowest BCUT2D eigenvalue weighted by molar-refractivity contribution is 0.102. The number of phenolic OH excluding ortho intramolecular Hbond substituents is 2. The summed E-state index contributed by atoms with van der Waals surface area (Å²) in [6.45, 7) is 0. The predicted octanol–water partition coefficient (Wildman–Crippen LogP) is 3.25. The van der Waals surface area contributed by atoms with Crippen LogP contribution >= 0.6 is 15.9 Å². The highest BCUT2D eigenvalue weighted by atomic mass is 79.9. The van der Waals surface area contributed by atoms with Crippen LogP contribution in [-0.2, 0) is 0 Å². The van der Waals surface area contributed by atoms with Crippen molar-refractivity contribution >= 4 is 27.5 Å². The number of hydrogen-bond acceptors (Lipinski definition) is 3. The molecule has 2 aromatic rings. The average molecular weight is 326 g/mol. The molecular weight excluding hydrogens is 317 g/mol. The van der Waals surface area contributed by atoms with Gasteiger partial charge < -0.3 is 15.5 Å². The van der Waals surface area contributed by atoms with Crippen LogP contribution in [0.5, 0.6) is 11.5 Å². The van der Waals surface area contributed by atoms with Crippen molar-refractivity contribution in [1.82, 2.24) is 0 Å². The molecule has 0 aliphatic heterocycles. The van der Waals surface area contributed by atoms with E-state index in [0.29, 0.717) is 4.47 Å². The van der Waals surface area contributed by atoms with Gasteiger partial charge in [0.1, 0.15) is 5.82 Å². The molecule has 0 bridgehead atoms. The third kappa shape index (κ3) is 3.03. The first kappa shape index (κ1) is 13.4. The summed E-state index contributed by atoms with van der Waals surface area (Å²) in [5.74, 6) is -1.91. The van der Waals surface area contributed by atoms with Crippen molar-refractivity contribution in [3.63, 3.8) is 0 Å². The zero-order valence-electron chi connectivity index (χ0n) is 9.52. The molecule has 3 N–H and O–H groups in total. The van der Waals surface area contributed by atoms with Crippen molar-refractivity contribution in [3.05, 3.63) is 52.3 Å². The third-order valence-electron chi connectivity index (χ3n) is 2.42. The summed E-state index contributed by atoms with van der Waals surface area (Å²) >= 11 is 3.11. The highest BCUT2D eigenvalue weighted by molar-refractivity contribution is 9.10. The summed E-state index contributed by atoms with van der Waals surface area (Å²) < 4.78 is 14.1. The van der Waals surface area contributed by atoms with Gasteiger partial charge >= 0.3 is 0 Å². The molecule has 0 saturated carbocycles. The van der Waals surface area contributed by atoms with Crippen LogP contribution in [-0.4, -0.2) is 16.1 Å². The normalized spacial score (nSPS) is 10.2. The van der Waals surface area contributed by atoms with Crippen molar-refractivity contribution in [2.24, 2.45) is 0 Å². The molecule has 2 rings (SSSR count). The van der Waals surface area contributed by atoms with Crippen LogP contribution in [0.4, 0.5) is 10.1 Å². The number of aromatic hydroxyl groups is 2. The van der Waals surface area contributed by atoms with Crippen molar-refractivity contribution in [2.45, 2.75) is 0 Å². The lowest BCUT2D eigenvalue weighted by Crippen LogP contribution is -2.12. The van der Waals surface area contributed by atoms with Gasteiger partial charge in [-0.1, -0.05) is 15.9 Å². The Morgan fingerprint density at radius 2 is 1.84 bits per heavy atom. The first-order chi connectivity index (χ1) is 8.97. The number of rotatable bonds is 2. The quantitative estimate of drug-likeness (QED) is 0.742. The highest BCUT2D eigenvalue weighted by Gasteiger charge is 2.11. The Labute approximate surface area is 116 Å². The molecule has 0 aromatic heterocycles. The second-order valence-electron chi connectivity index (χ2n) is 3.78. The van der Waals surface area contributed by atoms with Crippen molar-refractivity contribution < 1.29 is 19.4 Å². The van der Waals surface area contributed by atoms with Crippen LogP contribution in [0.3, 0.4) is 0 Å². The van der Waals surface area contributed by atoms with Gasteiger partial charge in [0.15, 0.2) is 11.5 Å². The molecule has 0 fully saturated rings. The van der Waals surface area contributed by atoms with E-state index in [1.54, 1.807) is 6.07 Å². The molecule has 2 aromatic carbocycles. The number of amides is 1. The van der Waals surface area contributed by atoms with Crippen molar-refractivity contribution in [3.8, 4) is 11.5 Å². The maximum atomic E-state index is 13.5. The second-order valence-corrected chi connectivity index (χ2v) is 4.70. The molecule has 0 heterocycles. The molecular formula is C13H9BrFNO3. The fraction of sp³-hybridized carbons (Fsp3) is 0. The minimum absolute atomic E-state index is 0.0285. The monoisotopic (exact) mass is 325 g/mol. The van der Waals surface area contributed by atoms with E-state index < -0.39 is 17.5 Å². The fourth-order valence-electron chi connectivity index (χ4n) is 1.45. The number of nitrogens with one attached hydrogen (secondary N) is 1. The van der Waals surface area contributed by atoms with Crippen LogP contribution in [0.2, 0.25) is 0 Å². The van der Waals surface area contributed by atoms with Gasteiger partial charge in [-0.05, 0) is 36.4 Å². The Balaban J connectivity index is 2.23. The summed E-state index contributed by atoms with van der Waals surface area (Å²) in [5, 5.41) is 20.8. The van der Waals surface area contributed by atoms with E-state index in [9.17, 15) is 14.3 Å². The van der Waals surface area contributed by atoms with E-state index in [4.69, 9.17) is 5.11 Å². The zero-order chi connectivity index (χ0) is 14.0. The van der Waals surface area contributed by atoms with E-state index >= 15 is 0 Å². The molecule has 0 atom stereocenters. The second kappa shape index (κ2) is 5.27. The van der Waals surface area contributed by atoms with Crippen molar-refractivity contribution in [1.29, 1.82) is 0 Å². The van der Waals surface area contributed by atoms with Gasteiger partial charge in [-0.2, -0.15) is 0 Å². The lowest BCUT2D eigenvalue weighted by Gasteiger charge is -2.07. The predicted molar refractivity (Wildman–Crippen MR) is 71.8 cm³/mol. The highest BCUT2D eigenvalue weighted by Crippen LogP contribution is 2.26. The molecule has 4 nitrogen and oxygen atoms in total. The Kier molecular flexibility index (Phi) is 3.71. The van der Waals surface area contributed by atoms with Gasteiger partial charge in [0.2, 0.25) is 0 Å². The standard InChI is InChI=1S/C13H9BrFNO3/c14-8-2-3-10(9(15)6-8)16-13(19)7-1-4-11(17)12(18)5-7/h1-6,17-18H,(H,16,19). The largest absolute Gasteiger partial charge is 0.504 e. The Hall–Kier alpha value is -2.08.